The summed E-state index contributed by atoms with van der Waals surface area (Å²) in [6.07, 6.45) is 4.10. The van der Waals surface area contributed by atoms with E-state index in [0.29, 0.717) is 0 Å². The van der Waals surface area contributed by atoms with E-state index in [1.165, 1.54) is 32.4 Å². The van der Waals surface area contributed by atoms with E-state index in [1.807, 2.05) is 0 Å². The highest BCUT2D eigenvalue weighted by Gasteiger charge is 2.11. The summed E-state index contributed by atoms with van der Waals surface area (Å²) in [5, 5.41) is 0. The van der Waals surface area contributed by atoms with Crippen LogP contribution in [0.1, 0.15) is 26.2 Å². The van der Waals surface area contributed by atoms with Crippen LogP contribution in [-0.2, 0) is 0 Å². The fourth-order valence-electron chi connectivity index (χ4n) is 1.20. The first-order valence-electron chi connectivity index (χ1n) is 3.89. The minimum atomic E-state index is 0.893. The second-order valence-corrected chi connectivity index (χ2v) is 2.77. The molecule has 2 N–H and O–H groups in total. The van der Waals surface area contributed by atoms with Crippen molar-refractivity contribution in [3.8, 4) is 0 Å². The van der Waals surface area contributed by atoms with Crippen LogP contribution in [-0.4, -0.2) is 13.1 Å². The van der Waals surface area contributed by atoms with Crippen LogP contribution >= 0.6 is 0 Å². The normalized spacial score (nSPS) is 21.0. The zero-order chi connectivity index (χ0) is 6.53. The molecule has 0 radical (unpaired) electrons. The van der Waals surface area contributed by atoms with Crippen LogP contribution in [0.4, 0.5) is 0 Å². The maximum atomic E-state index is 3.13. The standard InChI is InChI=1S/C7H16N2/c1-2-3-4-7-5-8-9-6-7/h7-9H,2-6H2,1H3. The van der Waals surface area contributed by atoms with Crippen molar-refractivity contribution in [1.29, 1.82) is 0 Å². The van der Waals surface area contributed by atoms with Crippen LogP contribution < -0.4 is 10.9 Å². The number of rotatable bonds is 3. The SMILES string of the molecule is CCCCC1CNNC1. The molecule has 9 heavy (non-hydrogen) atoms. The third kappa shape index (κ3) is 2.33. The minimum Gasteiger partial charge on any atom is -0.258 e. The first-order chi connectivity index (χ1) is 4.43. The Balaban J connectivity index is 1.98. The lowest BCUT2D eigenvalue weighted by atomic mass is 10.0. The summed E-state index contributed by atoms with van der Waals surface area (Å²) < 4.78 is 0. The van der Waals surface area contributed by atoms with Crippen molar-refractivity contribution in [3.05, 3.63) is 0 Å². The zero-order valence-electron chi connectivity index (χ0n) is 6.11. The van der Waals surface area contributed by atoms with Crippen LogP contribution in [0, 0.1) is 5.92 Å². The maximum Gasteiger partial charge on any atom is 0.0141 e. The Morgan fingerprint density at radius 3 is 2.56 bits per heavy atom. The van der Waals surface area contributed by atoms with Gasteiger partial charge in [-0.3, -0.25) is 10.9 Å². The van der Waals surface area contributed by atoms with Crippen molar-refractivity contribution in [2.45, 2.75) is 26.2 Å². The molecule has 1 aliphatic rings. The largest absolute Gasteiger partial charge is 0.258 e. The van der Waals surface area contributed by atoms with Crippen molar-refractivity contribution < 1.29 is 0 Å². The van der Waals surface area contributed by atoms with Crippen molar-refractivity contribution in [1.82, 2.24) is 10.9 Å². The van der Waals surface area contributed by atoms with E-state index in [0.717, 1.165) is 5.92 Å². The summed E-state index contributed by atoms with van der Waals surface area (Å²) in [6.45, 7) is 4.58. The Labute approximate surface area is 57.0 Å². The van der Waals surface area contributed by atoms with Gasteiger partial charge < -0.3 is 0 Å². The fourth-order valence-corrected chi connectivity index (χ4v) is 1.20. The van der Waals surface area contributed by atoms with E-state index < -0.39 is 0 Å². The average Bonchev–Trinajstić information content (AvgIpc) is 2.34. The smallest absolute Gasteiger partial charge is 0.0141 e. The highest BCUT2D eigenvalue weighted by Crippen LogP contribution is 2.08. The molecule has 1 heterocycles. The molecule has 1 aliphatic heterocycles. The maximum absolute atomic E-state index is 3.13. The molecule has 2 heteroatoms. The molecule has 0 aromatic rings. The predicted octanol–water partition coefficient (Wildman–Crippen LogP) is 0.901. The molecule has 0 aliphatic carbocycles. The van der Waals surface area contributed by atoms with Gasteiger partial charge in [-0.2, -0.15) is 0 Å². The highest BCUT2D eigenvalue weighted by molar-refractivity contribution is 4.68. The van der Waals surface area contributed by atoms with Crippen molar-refractivity contribution in [2.24, 2.45) is 5.92 Å². The Morgan fingerprint density at radius 1 is 1.33 bits per heavy atom. The number of nitrogens with one attached hydrogen (secondary N) is 2. The van der Waals surface area contributed by atoms with Crippen LogP contribution in [0.2, 0.25) is 0 Å². The Hall–Kier alpha value is -0.0800. The fraction of sp³-hybridized carbons (Fsp3) is 1.00. The van der Waals surface area contributed by atoms with Crippen molar-refractivity contribution in [2.75, 3.05) is 13.1 Å². The van der Waals surface area contributed by atoms with E-state index in [9.17, 15) is 0 Å². The van der Waals surface area contributed by atoms with Gasteiger partial charge in [-0.25, -0.2) is 0 Å². The van der Waals surface area contributed by atoms with Crippen molar-refractivity contribution in [3.63, 3.8) is 0 Å². The van der Waals surface area contributed by atoms with E-state index in [1.54, 1.807) is 0 Å². The molecular formula is C7H16N2. The first-order valence-corrected chi connectivity index (χ1v) is 3.89. The molecule has 0 saturated carbocycles. The lowest BCUT2D eigenvalue weighted by molar-refractivity contribution is 0.526. The third-order valence-electron chi connectivity index (χ3n) is 1.87. The number of unbranched alkanes of at least 4 members (excludes halogenated alkanes) is 1. The molecule has 1 rings (SSSR count). The van der Waals surface area contributed by atoms with E-state index in [-0.39, 0.29) is 0 Å². The minimum absolute atomic E-state index is 0.893. The van der Waals surface area contributed by atoms with E-state index in [4.69, 9.17) is 0 Å². The number of hydrogen-bond acceptors (Lipinski definition) is 2. The number of hydrazine groups is 1. The molecule has 0 atom stereocenters. The van der Waals surface area contributed by atoms with Gasteiger partial charge in [0.05, 0.1) is 0 Å². The van der Waals surface area contributed by atoms with Gasteiger partial charge in [-0.15, -0.1) is 0 Å². The lowest BCUT2D eigenvalue weighted by Gasteiger charge is -2.03. The molecule has 54 valence electrons. The summed E-state index contributed by atoms with van der Waals surface area (Å²) in [4.78, 5) is 0. The summed E-state index contributed by atoms with van der Waals surface area (Å²) in [7, 11) is 0. The van der Waals surface area contributed by atoms with Crippen LogP contribution in [0.15, 0.2) is 0 Å². The van der Waals surface area contributed by atoms with E-state index >= 15 is 0 Å². The van der Waals surface area contributed by atoms with Gasteiger partial charge >= 0.3 is 0 Å². The van der Waals surface area contributed by atoms with Gasteiger partial charge in [0.15, 0.2) is 0 Å². The highest BCUT2D eigenvalue weighted by atomic mass is 15.4. The first kappa shape index (κ1) is 7.03. The molecule has 1 fully saturated rings. The molecule has 0 spiro atoms. The van der Waals surface area contributed by atoms with Crippen LogP contribution in [0.3, 0.4) is 0 Å². The quantitative estimate of drug-likeness (QED) is 0.590. The molecule has 0 amide bonds. The average molecular weight is 128 g/mol. The molecule has 0 aromatic heterocycles. The second-order valence-electron chi connectivity index (χ2n) is 2.77. The zero-order valence-corrected chi connectivity index (χ0v) is 6.11. The Morgan fingerprint density at radius 2 is 2.00 bits per heavy atom. The van der Waals surface area contributed by atoms with Crippen molar-refractivity contribution >= 4 is 0 Å². The summed E-state index contributed by atoms with van der Waals surface area (Å²) >= 11 is 0. The Kier molecular flexibility index (Phi) is 3.01. The molecule has 0 bridgehead atoms. The molecule has 2 nitrogen and oxygen atoms in total. The van der Waals surface area contributed by atoms with Gasteiger partial charge in [0.25, 0.3) is 0 Å². The molecule has 0 aromatic carbocycles. The van der Waals surface area contributed by atoms with Crippen LogP contribution in [0.5, 0.6) is 0 Å². The summed E-state index contributed by atoms with van der Waals surface area (Å²) in [5.74, 6) is 0.893. The van der Waals surface area contributed by atoms with E-state index in [2.05, 4.69) is 17.8 Å². The third-order valence-corrected chi connectivity index (χ3v) is 1.87. The van der Waals surface area contributed by atoms with Gasteiger partial charge in [0.1, 0.15) is 0 Å². The molecule has 0 unspecified atom stereocenters. The van der Waals surface area contributed by atoms with Gasteiger partial charge in [-0.05, 0) is 12.3 Å². The van der Waals surface area contributed by atoms with Crippen LogP contribution in [0.25, 0.3) is 0 Å². The topological polar surface area (TPSA) is 24.1 Å². The Bertz CT molecular complexity index is 67.3. The molecule has 1 saturated heterocycles. The summed E-state index contributed by atoms with van der Waals surface area (Å²) in [6, 6.07) is 0. The monoisotopic (exact) mass is 128 g/mol. The summed E-state index contributed by atoms with van der Waals surface area (Å²) in [5.41, 5.74) is 6.26. The van der Waals surface area contributed by atoms with Gasteiger partial charge in [0.2, 0.25) is 0 Å². The second kappa shape index (κ2) is 3.85. The molecular weight excluding hydrogens is 112 g/mol. The number of hydrogen-bond donors (Lipinski definition) is 2. The van der Waals surface area contributed by atoms with Gasteiger partial charge in [0, 0.05) is 13.1 Å². The predicted molar refractivity (Wildman–Crippen MR) is 39.0 cm³/mol. The van der Waals surface area contributed by atoms with Gasteiger partial charge in [-0.1, -0.05) is 19.8 Å². The lowest BCUT2D eigenvalue weighted by Crippen LogP contribution is -2.21.